The maximum absolute atomic E-state index is 13.3. The van der Waals surface area contributed by atoms with Crippen LogP contribution in [0.15, 0.2) is 18.2 Å². The first-order valence-electron chi connectivity index (χ1n) is 5.07. The molecule has 2 aromatic rings. The van der Waals surface area contributed by atoms with Crippen molar-refractivity contribution < 1.29 is 8.78 Å². The molecule has 0 aliphatic rings. The number of nitrogens with zero attached hydrogens (tertiary/aromatic N) is 3. The van der Waals surface area contributed by atoms with E-state index in [1.54, 1.807) is 0 Å². The van der Waals surface area contributed by atoms with Crippen LogP contribution in [0.3, 0.4) is 0 Å². The topological polar surface area (TPSA) is 66.5 Å². The molecule has 0 aliphatic heterocycles. The second-order valence-electron chi connectivity index (χ2n) is 3.61. The molecule has 1 heterocycles. The monoisotopic (exact) mass is 239 g/mol. The van der Waals surface area contributed by atoms with E-state index in [1.807, 2.05) is 6.92 Å². The predicted octanol–water partition coefficient (Wildman–Crippen LogP) is 1.33. The Morgan fingerprint density at radius 3 is 2.94 bits per heavy atom. The molecule has 0 spiro atoms. The van der Waals surface area contributed by atoms with E-state index in [-0.39, 0.29) is 18.2 Å². The molecule has 0 aliphatic carbocycles. The first kappa shape index (κ1) is 11.6. The van der Waals surface area contributed by atoms with Gasteiger partial charge in [0.05, 0.1) is 6.04 Å². The summed E-state index contributed by atoms with van der Waals surface area (Å²) in [5.74, 6) is -0.434. The van der Waals surface area contributed by atoms with E-state index in [0.717, 1.165) is 18.2 Å². The molecule has 0 saturated carbocycles. The molecule has 1 unspecified atom stereocenters. The van der Waals surface area contributed by atoms with E-state index >= 15 is 0 Å². The van der Waals surface area contributed by atoms with Gasteiger partial charge in [-0.05, 0) is 25.1 Å². The van der Waals surface area contributed by atoms with Gasteiger partial charge >= 0.3 is 0 Å². The second-order valence-corrected chi connectivity index (χ2v) is 3.61. The molecule has 0 amide bonds. The van der Waals surface area contributed by atoms with Gasteiger partial charge in [0, 0.05) is 12.1 Å². The van der Waals surface area contributed by atoms with E-state index in [1.165, 1.54) is 0 Å². The lowest BCUT2D eigenvalue weighted by Gasteiger charge is -2.10. The number of rotatable bonds is 4. The maximum atomic E-state index is 13.3. The molecule has 1 aromatic carbocycles. The molecule has 5 nitrogen and oxygen atoms in total. The highest BCUT2D eigenvalue weighted by Crippen LogP contribution is 2.11. The molecule has 2 N–H and O–H groups in total. The summed E-state index contributed by atoms with van der Waals surface area (Å²) in [5.41, 5.74) is 0.264. The second kappa shape index (κ2) is 4.96. The van der Waals surface area contributed by atoms with Gasteiger partial charge in [-0.2, -0.15) is 5.21 Å². The predicted molar refractivity (Wildman–Crippen MR) is 55.8 cm³/mol. The van der Waals surface area contributed by atoms with Crippen molar-refractivity contribution in [2.45, 2.75) is 19.5 Å². The average Bonchev–Trinajstić information content (AvgIpc) is 2.83. The Bertz CT molecular complexity index is 485. The van der Waals surface area contributed by atoms with Crippen molar-refractivity contribution in [2.24, 2.45) is 0 Å². The zero-order valence-electron chi connectivity index (χ0n) is 9.11. The third-order valence-electron chi connectivity index (χ3n) is 2.36. The Morgan fingerprint density at radius 1 is 1.41 bits per heavy atom. The van der Waals surface area contributed by atoms with Crippen LogP contribution in [-0.2, 0) is 6.54 Å². The molecular weight excluding hydrogens is 228 g/mol. The van der Waals surface area contributed by atoms with Crippen LogP contribution in [0.1, 0.15) is 24.4 Å². The zero-order chi connectivity index (χ0) is 12.3. The third kappa shape index (κ3) is 2.82. The smallest absolute Gasteiger partial charge is 0.191 e. The number of tetrazole rings is 1. The molecule has 7 heteroatoms. The molecule has 0 bridgehead atoms. The van der Waals surface area contributed by atoms with Crippen molar-refractivity contribution in [2.75, 3.05) is 0 Å². The summed E-state index contributed by atoms with van der Waals surface area (Å²) in [6.07, 6.45) is 0. The highest BCUT2D eigenvalue weighted by atomic mass is 19.1. The Labute approximate surface area is 96.2 Å². The number of hydrogen-bond acceptors (Lipinski definition) is 4. The lowest BCUT2D eigenvalue weighted by molar-refractivity contribution is 0.520. The van der Waals surface area contributed by atoms with Gasteiger partial charge in [0.2, 0.25) is 0 Å². The Hall–Kier alpha value is -1.89. The molecule has 1 aromatic heterocycles. The van der Waals surface area contributed by atoms with E-state index in [0.29, 0.717) is 5.82 Å². The minimum atomic E-state index is -0.463. The van der Waals surface area contributed by atoms with Gasteiger partial charge in [-0.3, -0.25) is 0 Å². The summed E-state index contributed by atoms with van der Waals surface area (Å²) in [6.45, 7) is 2.00. The molecule has 0 radical (unpaired) electrons. The van der Waals surface area contributed by atoms with E-state index in [2.05, 4.69) is 25.9 Å². The van der Waals surface area contributed by atoms with Crippen molar-refractivity contribution in [1.29, 1.82) is 0 Å². The van der Waals surface area contributed by atoms with Crippen LogP contribution < -0.4 is 5.32 Å². The van der Waals surface area contributed by atoms with Crippen LogP contribution in [0.25, 0.3) is 0 Å². The van der Waals surface area contributed by atoms with Gasteiger partial charge in [0.15, 0.2) is 5.82 Å². The summed E-state index contributed by atoms with van der Waals surface area (Å²) in [5, 5.41) is 16.3. The molecule has 17 heavy (non-hydrogen) atoms. The van der Waals surface area contributed by atoms with Crippen molar-refractivity contribution in [3.05, 3.63) is 41.2 Å². The Morgan fingerprint density at radius 2 is 2.24 bits per heavy atom. The van der Waals surface area contributed by atoms with Gasteiger partial charge in [-0.15, -0.1) is 10.2 Å². The normalized spacial score (nSPS) is 12.6. The average molecular weight is 239 g/mol. The van der Waals surface area contributed by atoms with Crippen molar-refractivity contribution >= 4 is 0 Å². The third-order valence-corrected chi connectivity index (χ3v) is 2.36. The summed E-state index contributed by atoms with van der Waals surface area (Å²) < 4.78 is 26.2. The van der Waals surface area contributed by atoms with E-state index in [4.69, 9.17) is 0 Å². The Balaban J connectivity index is 2.00. The molecule has 90 valence electrons. The van der Waals surface area contributed by atoms with Gasteiger partial charge in [-0.25, -0.2) is 8.78 Å². The van der Waals surface area contributed by atoms with Gasteiger partial charge in [0.1, 0.15) is 11.6 Å². The van der Waals surface area contributed by atoms with Gasteiger partial charge in [0.25, 0.3) is 0 Å². The zero-order valence-corrected chi connectivity index (χ0v) is 9.11. The molecule has 1 atom stereocenters. The molecule has 0 saturated heterocycles. The van der Waals surface area contributed by atoms with Crippen molar-refractivity contribution in [3.8, 4) is 0 Å². The fourth-order valence-corrected chi connectivity index (χ4v) is 1.39. The van der Waals surface area contributed by atoms with Gasteiger partial charge < -0.3 is 5.32 Å². The quantitative estimate of drug-likeness (QED) is 0.844. The van der Waals surface area contributed by atoms with Crippen LogP contribution in [0, 0.1) is 11.6 Å². The summed E-state index contributed by atoms with van der Waals surface area (Å²) in [4.78, 5) is 0. The number of hydrogen-bond donors (Lipinski definition) is 2. The van der Waals surface area contributed by atoms with E-state index < -0.39 is 11.6 Å². The number of H-pyrrole nitrogens is 1. The summed E-state index contributed by atoms with van der Waals surface area (Å²) in [6, 6.07) is 3.15. The highest BCUT2D eigenvalue weighted by molar-refractivity contribution is 5.18. The minimum Gasteiger partial charge on any atom is -0.303 e. The van der Waals surface area contributed by atoms with Crippen LogP contribution in [-0.4, -0.2) is 20.6 Å². The van der Waals surface area contributed by atoms with Crippen LogP contribution in [0.5, 0.6) is 0 Å². The summed E-state index contributed by atoms with van der Waals surface area (Å²) in [7, 11) is 0. The first-order chi connectivity index (χ1) is 8.16. The van der Waals surface area contributed by atoms with Gasteiger partial charge in [-0.1, -0.05) is 5.21 Å². The van der Waals surface area contributed by atoms with Crippen LogP contribution in [0.2, 0.25) is 0 Å². The standard InChI is InChI=1S/C10H11F2N5/c1-6(10-14-16-17-15-10)13-5-7-4-8(11)2-3-9(7)12/h2-4,6,13H,5H2,1H3,(H,14,15,16,17). The number of aromatic amines is 1. The van der Waals surface area contributed by atoms with E-state index in [9.17, 15) is 8.78 Å². The Kier molecular flexibility index (Phi) is 3.38. The van der Waals surface area contributed by atoms with Crippen molar-refractivity contribution in [3.63, 3.8) is 0 Å². The number of halogens is 2. The number of benzene rings is 1. The largest absolute Gasteiger partial charge is 0.303 e. The fraction of sp³-hybridized carbons (Fsp3) is 0.300. The fourth-order valence-electron chi connectivity index (χ4n) is 1.39. The molecule has 2 rings (SSSR count). The lowest BCUT2D eigenvalue weighted by atomic mass is 10.2. The van der Waals surface area contributed by atoms with Crippen molar-refractivity contribution in [1.82, 2.24) is 25.9 Å². The molecule has 0 fully saturated rings. The number of aromatic nitrogens is 4. The maximum Gasteiger partial charge on any atom is 0.191 e. The summed E-state index contributed by atoms with van der Waals surface area (Å²) >= 11 is 0. The SMILES string of the molecule is CC(NCc1cc(F)ccc1F)c1nn[nH]n1. The molecular formula is C10H11F2N5. The lowest BCUT2D eigenvalue weighted by Crippen LogP contribution is -2.20. The van der Waals surface area contributed by atoms with Crippen LogP contribution >= 0.6 is 0 Å². The highest BCUT2D eigenvalue weighted by Gasteiger charge is 2.11. The minimum absolute atomic E-state index is 0.194. The van der Waals surface area contributed by atoms with Crippen LogP contribution in [0.4, 0.5) is 8.78 Å². The number of nitrogens with one attached hydrogen (secondary N) is 2. The first-order valence-corrected chi connectivity index (χ1v) is 5.07.